The highest BCUT2D eigenvalue weighted by atomic mass is 16.7. The van der Waals surface area contributed by atoms with Gasteiger partial charge in [-0.2, -0.15) is 0 Å². The number of aromatic hydroxyl groups is 2. The number of benzene rings is 2. The molecule has 204 valence electrons. The average molecular weight is 534 g/mol. The van der Waals surface area contributed by atoms with E-state index in [-0.39, 0.29) is 29.5 Å². The Hall–Kier alpha value is -3.06. The molecule has 2 aromatic rings. The first-order chi connectivity index (χ1) is 19.0. The molecule has 0 saturated carbocycles. The molecule has 11 nitrogen and oxygen atoms in total. The van der Waals surface area contributed by atoms with Gasteiger partial charge in [-0.15, -0.1) is 0 Å². The van der Waals surface area contributed by atoms with Crippen molar-refractivity contribution in [3.63, 3.8) is 0 Å². The lowest BCUT2D eigenvalue weighted by Crippen LogP contribution is -2.53. The molecule has 7 N–H and O–H groups in total. The molecule has 1 heterocycles. The average Bonchev–Trinajstić information content (AvgIpc) is 2.86. The topological polar surface area (TPSA) is 189 Å². The molecule has 1 saturated heterocycles. The summed E-state index contributed by atoms with van der Waals surface area (Å²) in [6, 6.07) is 3.05. The van der Waals surface area contributed by atoms with Crippen molar-refractivity contribution in [2.75, 3.05) is 7.04 Å². The van der Waals surface area contributed by atoms with E-state index in [4.69, 9.17) is 24.1 Å². The zero-order valence-corrected chi connectivity index (χ0v) is 20.7. The molecule has 2 aliphatic carbocycles. The molecule has 1 aliphatic heterocycles. The monoisotopic (exact) mass is 533 g/mol. The number of aliphatic hydroxyl groups is 3. The molecule has 3 aliphatic rings. The second-order valence-electron chi connectivity index (χ2n) is 10.2. The van der Waals surface area contributed by atoms with Gasteiger partial charge in [0.25, 0.3) is 0 Å². The van der Waals surface area contributed by atoms with Crippen molar-refractivity contribution in [1.29, 1.82) is 0 Å². The Balaban J connectivity index is 1.67. The number of ether oxygens (including phenoxy) is 3. The van der Waals surface area contributed by atoms with Crippen molar-refractivity contribution in [2.24, 2.45) is 5.73 Å². The molecule has 2 aromatic carbocycles. The van der Waals surface area contributed by atoms with E-state index in [0.717, 1.165) is 0 Å². The van der Waals surface area contributed by atoms with Crippen LogP contribution in [0.4, 0.5) is 0 Å². The second kappa shape index (κ2) is 9.30. The lowest BCUT2D eigenvalue weighted by molar-refractivity contribution is -0.250. The number of phenolic OH excluding ortho intramolecular Hbond substituents is 2. The number of hydrogen-bond acceptors (Lipinski definition) is 11. The minimum atomic E-state index is -2.95. The smallest absolute Gasteiger partial charge is 0.202 e. The van der Waals surface area contributed by atoms with E-state index < -0.39 is 101 Å². The summed E-state index contributed by atoms with van der Waals surface area (Å²) in [6.45, 7) is 2.92. The number of rotatable bonds is 4. The highest BCUT2D eigenvalue weighted by molar-refractivity contribution is 6.31. The number of hydrogen-bond donors (Lipinski definition) is 6. The first-order valence-corrected chi connectivity index (χ1v) is 12.2. The summed E-state index contributed by atoms with van der Waals surface area (Å²) < 4.78 is 39.1. The Morgan fingerprint density at radius 2 is 1.89 bits per heavy atom. The zero-order chi connectivity index (χ0) is 30.2. The quantitative estimate of drug-likeness (QED) is 0.206. The van der Waals surface area contributed by atoms with E-state index in [1.54, 1.807) is 6.92 Å². The van der Waals surface area contributed by atoms with Gasteiger partial charge in [-0.25, -0.2) is 0 Å². The largest absolute Gasteiger partial charge is 0.507 e. The van der Waals surface area contributed by atoms with E-state index in [1.807, 2.05) is 0 Å². The van der Waals surface area contributed by atoms with Gasteiger partial charge >= 0.3 is 0 Å². The molecule has 38 heavy (non-hydrogen) atoms. The van der Waals surface area contributed by atoms with Crippen LogP contribution < -0.4 is 10.5 Å². The van der Waals surface area contributed by atoms with Crippen molar-refractivity contribution in [3.05, 3.63) is 51.6 Å². The third-order valence-corrected chi connectivity index (χ3v) is 7.84. The summed E-state index contributed by atoms with van der Waals surface area (Å²) in [5.41, 5.74) is 2.16. The van der Waals surface area contributed by atoms with Gasteiger partial charge in [0.05, 0.1) is 57.9 Å². The Labute approximate surface area is 222 Å². The summed E-state index contributed by atoms with van der Waals surface area (Å²) >= 11 is 0. The third kappa shape index (κ3) is 3.89. The minimum absolute atomic E-state index is 0.0305. The van der Waals surface area contributed by atoms with Crippen LogP contribution in [0.3, 0.4) is 0 Å². The van der Waals surface area contributed by atoms with Crippen LogP contribution in [0.15, 0.2) is 18.2 Å². The molecule has 0 radical (unpaired) electrons. The summed E-state index contributed by atoms with van der Waals surface area (Å²) in [4.78, 5) is 27.4. The summed E-state index contributed by atoms with van der Waals surface area (Å²) in [5, 5.41) is 54.8. The number of fused-ring (bicyclic) bond motifs is 3. The first kappa shape index (κ1) is 22.9. The lowest BCUT2D eigenvalue weighted by Gasteiger charge is -2.43. The number of phenols is 2. The van der Waals surface area contributed by atoms with Crippen molar-refractivity contribution in [2.45, 2.75) is 75.5 Å². The predicted octanol–water partition coefficient (Wildman–Crippen LogP) is 0.821. The Morgan fingerprint density at radius 1 is 1.18 bits per heavy atom. The van der Waals surface area contributed by atoms with Crippen LogP contribution in [0.1, 0.15) is 79.9 Å². The standard InChI is InChI=1S/C27H31NO10/c1-10-22(30)14(28)7-17(37-10)38-16-9-27(35,11(2)29)8-13-19(16)26(34)21-20(24(13)32)23(31)12-5-4-6-15(36-3)18(12)25(21)33/h4-6,10-11,14,16-17,22,29-30,32,34-35H,7-9,28H2,1-3H3/t10-,11+,14-,16-,17-,22+,27-/m0/s1/i3+1D3. The molecule has 7 atom stereocenters. The Bertz CT molecular complexity index is 1420. The zero-order valence-electron chi connectivity index (χ0n) is 23.7. The van der Waals surface area contributed by atoms with Crippen LogP contribution in [-0.4, -0.2) is 80.4 Å². The predicted molar refractivity (Wildman–Crippen MR) is 131 cm³/mol. The van der Waals surface area contributed by atoms with E-state index >= 15 is 0 Å². The van der Waals surface area contributed by atoms with Crippen molar-refractivity contribution in [3.8, 4) is 17.2 Å². The van der Waals surface area contributed by atoms with Crippen molar-refractivity contribution in [1.82, 2.24) is 0 Å². The van der Waals surface area contributed by atoms with E-state index in [9.17, 15) is 35.1 Å². The van der Waals surface area contributed by atoms with Crippen LogP contribution in [-0.2, 0) is 15.9 Å². The maximum atomic E-state index is 13.8. The molecule has 11 heteroatoms. The molecule has 0 amide bonds. The molecule has 5 rings (SSSR count). The van der Waals surface area contributed by atoms with Gasteiger partial charge in [0.15, 0.2) is 12.1 Å². The van der Waals surface area contributed by atoms with Crippen molar-refractivity contribution < 1.29 is 53.4 Å². The summed E-state index contributed by atoms with van der Waals surface area (Å²) in [7, 11) is -2.95. The van der Waals surface area contributed by atoms with Gasteiger partial charge in [-0.05, 0) is 19.9 Å². The van der Waals surface area contributed by atoms with Gasteiger partial charge in [0, 0.05) is 42.0 Å². The highest BCUT2D eigenvalue weighted by Crippen LogP contribution is 2.52. The minimum Gasteiger partial charge on any atom is -0.507 e. The van der Waals surface area contributed by atoms with Crippen LogP contribution in [0, 0.1) is 0 Å². The molecular formula is C27H31NO10. The van der Waals surface area contributed by atoms with E-state index in [0.29, 0.717) is 0 Å². The van der Waals surface area contributed by atoms with Crippen LogP contribution in [0.2, 0.25) is 0 Å². The molecule has 0 spiro atoms. The van der Waals surface area contributed by atoms with Crippen LogP contribution in [0.25, 0.3) is 0 Å². The number of nitrogens with two attached hydrogens (primary N) is 1. The fourth-order valence-corrected chi connectivity index (χ4v) is 5.65. The van der Waals surface area contributed by atoms with Gasteiger partial charge in [0.2, 0.25) is 5.78 Å². The highest BCUT2D eigenvalue weighted by Gasteiger charge is 2.49. The first-order valence-electron chi connectivity index (χ1n) is 13.7. The van der Waals surface area contributed by atoms with Crippen molar-refractivity contribution >= 4 is 11.6 Å². The van der Waals surface area contributed by atoms with Crippen LogP contribution in [0.5, 0.6) is 17.2 Å². The SMILES string of the molecule is [2H][13C]([2H])([2H])Oc1cccc2c1C(=O)c1c(O)c3c(c(O)c1C2=O)C[C@@](O)([C@@H](C)O)C[C@@H]3O[C@H]1C[C@H](N)[C@H](O)[C@H](C)O1. The third-order valence-electron chi connectivity index (χ3n) is 7.84. The summed E-state index contributed by atoms with van der Waals surface area (Å²) in [5.74, 6) is -3.67. The maximum Gasteiger partial charge on any atom is 0.202 e. The molecular weight excluding hydrogens is 499 g/mol. The van der Waals surface area contributed by atoms with Crippen LogP contribution >= 0.6 is 0 Å². The number of methoxy groups -OCH3 is 1. The summed E-state index contributed by atoms with van der Waals surface area (Å²) in [6.07, 6.45) is -6.01. The number of aliphatic hydroxyl groups excluding tert-OH is 2. The van der Waals surface area contributed by atoms with E-state index in [1.165, 1.54) is 25.1 Å². The molecule has 1 fully saturated rings. The number of carbonyl (C=O) groups is 2. The normalized spacial score (nSPS) is 32.8. The van der Waals surface area contributed by atoms with Gasteiger partial charge in [-0.1, -0.05) is 12.1 Å². The fraction of sp³-hybridized carbons (Fsp3) is 0.481. The Kier molecular flexibility index (Phi) is 5.60. The maximum absolute atomic E-state index is 13.8. The van der Waals surface area contributed by atoms with Gasteiger partial charge < -0.3 is 45.5 Å². The molecule has 0 unspecified atom stereocenters. The van der Waals surface area contributed by atoms with E-state index in [2.05, 4.69) is 0 Å². The fourth-order valence-electron chi connectivity index (χ4n) is 5.65. The second-order valence-corrected chi connectivity index (χ2v) is 10.2. The lowest BCUT2D eigenvalue weighted by atomic mass is 9.71. The van der Waals surface area contributed by atoms with Gasteiger partial charge in [-0.3, -0.25) is 9.59 Å². The number of carbonyl (C=O) groups excluding carboxylic acids is 2. The molecule has 0 aromatic heterocycles. The molecule has 0 bridgehead atoms. The Morgan fingerprint density at radius 3 is 2.55 bits per heavy atom. The number of ketones is 2. The van der Waals surface area contributed by atoms with Gasteiger partial charge in [0.1, 0.15) is 17.2 Å².